The fourth-order valence-corrected chi connectivity index (χ4v) is 3.05. The summed E-state index contributed by atoms with van der Waals surface area (Å²) in [6, 6.07) is 5.31. The van der Waals surface area contributed by atoms with Crippen LogP contribution in [0.15, 0.2) is 23.0 Å². The van der Waals surface area contributed by atoms with Gasteiger partial charge in [0.1, 0.15) is 6.54 Å². The number of hydrogen-bond acceptors (Lipinski definition) is 5. The highest BCUT2D eigenvalue weighted by Gasteiger charge is 2.19. The second-order valence-electron chi connectivity index (χ2n) is 4.32. The Kier molecular flexibility index (Phi) is 2.98. The highest BCUT2D eigenvalue weighted by molar-refractivity contribution is 7.09. The molecule has 0 atom stereocenters. The Morgan fingerprint density at radius 2 is 2.15 bits per heavy atom. The van der Waals surface area contributed by atoms with Crippen LogP contribution in [-0.4, -0.2) is 22.4 Å². The molecule has 1 aromatic heterocycles. The van der Waals surface area contributed by atoms with Gasteiger partial charge in [-0.3, -0.25) is 14.2 Å². The fraction of sp³-hybridized carbons (Fsp3) is 0.231. The molecule has 104 valence electrons. The van der Waals surface area contributed by atoms with Crippen LogP contribution in [0.4, 0.5) is 0 Å². The average Bonchev–Trinajstić information content (AvgIpc) is 2.93. The monoisotopic (exact) mass is 293 g/mol. The number of aromatic nitrogens is 1. The maximum Gasteiger partial charge on any atom is 0.323 e. The van der Waals surface area contributed by atoms with Crippen molar-refractivity contribution in [1.29, 1.82) is 0 Å². The van der Waals surface area contributed by atoms with Gasteiger partial charge < -0.3 is 14.6 Å². The zero-order valence-electron chi connectivity index (χ0n) is 10.6. The number of carbonyl (C=O) groups is 1. The van der Waals surface area contributed by atoms with E-state index in [1.807, 2.05) is 0 Å². The molecule has 0 saturated carbocycles. The molecule has 2 aromatic rings. The second kappa shape index (κ2) is 4.68. The van der Waals surface area contributed by atoms with Crippen LogP contribution in [0.25, 0.3) is 11.3 Å². The van der Waals surface area contributed by atoms with Gasteiger partial charge in [0.25, 0.3) is 0 Å². The van der Waals surface area contributed by atoms with Gasteiger partial charge in [0.15, 0.2) is 11.5 Å². The standard InChI is InChI=1S/C13H11NO5S/c1-7-12(14(5-11(15)16)13(17)20-7)8-2-3-9-10(4-8)19-6-18-9/h2-4H,5-6H2,1H3,(H,15,16). The van der Waals surface area contributed by atoms with Crippen LogP contribution in [0, 0.1) is 6.92 Å². The van der Waals surface area contributed by atoms with Crippen molar-refractivity contribution >= 4 is 17.3 Å². The van der Waals surface area contributed by atoms with Crippen molar-refractivity contribution in [3.8, 4) is 22.8 Å². The predicted octanol–water partition coefficient (Wildman–Crippen LogP) is 1.70. The van der Waals surface area contributed by atoms with E-state index in [2.05, 4.69) is 0 Å². The van der Waals surface area contributed by atoms with Crippen molar-refractivity contribution in [2.45, 2.75) is 13.5 Å². The van der Waals surface area contributed by atoms with Gasteiger partial charge >= 0.3 is 10.8 Å². The molecule has 0 spiro atoms. The Morgan fingerprint density at radius 1 is 1.40 bits per heavy atom. The SMILES string of the molecule is Cc1sc(=O)n(CC(=O)O)c1-c1ccc2c(c1)OCO2. The number of carboxylic acid groups (broad SMARTS) is 1. The summed E-state index contributed by atoms with van der Waals surface area (Å²) in [5.41, 5.74) is 1.35. The fourth-order valence-electron chi connectivity index (χ4n) is 2.20. The van der Waals surface area contributed by atoms with Crippen LogP contribution in [0.5, 0.6) is 11.5 Å². The maximum absolute atomic E-state index is 11.9. The van der Waals surface area contributed by atoms with Crippen molar-refractivity contribution in [2.24, 2.45) is 0 Å². The zero-order chi connectivity index (χ0) is 14.3. The third-order valence-electron chi connectivity index (χ3n) is 3.00. The number of carboxylic acids is 1. The van der Waals surface area contributed by atoms with Crippen LogP contribution >= 0.6 is 11.3 Å². The van der Waals surface area contributed by atoms with Crippen LogP contribution in [0.1, 0.15) is 4.88 Å². The van der Waals surface area contributed by atoms with E-state index in [0.29, 0.717) is 17.2 Å². The summed E-state index contributed by atoms with van der Waals surface area (Å²) < 4.78 is 11.8. The summed E-state index contributed by atoms with van der Waals surface area (Å²) >= 11 is 1.04. The molecule has 1 aliphatic rings. The van der Waals surface area contributed by atoms with Gasteiger partial charge in [-0.25, -0.2) is 0 Å². The number of rotatable bonds is 3. The van der Waals surface area contributed by atoms with E-state index in [0.717, 1.165) is 21.8 Å². The molecule has 0 saturated heterocycles. The largest absolute Gasteiger partial charge is 0.480 e. The smallest absolute Gasteiger partial charge is 0.323 e. The molecule has 0 radical (unpaired) electrons. The molecule has 2 heterocycles. The number of aryl methyl sites for hydroxylation is 1. The van der Waals surface area contributed by atoms with Crippen molar-refractivity contribution < 1.29 is 19.4 Å². The molecule has 6 nitrogen and oxygen atoms in total. The number of hydrogen-bond donors (Lipinski definition) is 1. The Labute approximate surface area is 117 Å². The van der Waals surface area contributed by atoms with Gasteiger partial charge in [-0.05, 0) is 25.1 Å². The van der Waals surface area contributed by atoms with E-state index in [4.69, 9.17) is 14.6 Å². The number of fused-ring (bicyclic) bond motifs is 1. The summed E-state index contributed by atoms with van der Waals surface area (Å²) in [6.45, 7) is 1.61. The lowest BCUT2D eigenvalue weighted by atomic mass is 10.1. The van der Waals surface area contributed by atoms with E-state index in [-0.39, 0.29) is 18.2 Å². The minimum atomic E-state index is -1.05. The van der Waals surface area contributed by atoms with Gasteiger partial charge in [0.05, 0.1) is 5.69 Å². The lowest BCUT2D eigenvalue weighted by Crippen LogP contribution is -2.19. The molecule has 20 heavy (non-hydrogen) atoms. The van der Waals surface area contributed by atoms with Gasteiger partial charge in [0.2, 0.25) is 6.79 Å². The number of thiazole rings is 1. The van der Waals surface area contributed by atoms with E-state index >= 15 is 0 Å². The predicted molar refractivity (Wildman–Crippen MR) is 72.5 cm³/mol. The highest BCUT2D eigenvalue weighted by Crippen LogP contribution is 2.37. The summed E-state index contributed by atoms with van der Waals surface area (Å²) in [5, 5.41) is 8.93. The Hall–Kier alpha value is -2.28. The molecule has 0 fully saturated rings. The number of ether oxygens (including phenoxy) is 2. The normalized spacial score (nSPS) is 12.7. The molecule has 0 aliphatic carbocycles. The maximum atomic E-state index is 11.9. The van der Waals surface area contributed by atoms with Crippen molar-refractivity contribution in [3.05, 3.63) is 32.7 Å². The third kappa shape index (κ3) is 2.05. The average molecular weight is 293 g/mol. The second-order valence-corrected chi connectivity index (χ2v) is 5.49. The number of nitrogens with zero attached hydrogens (tertiary/aromatic N) is 1. The van der Waals surface area contributed by atoms with Crippen LogP contribution in [-0.2, 0) is 11.3 Å². The lowest BCUT2D eigenvalue weighted by molar-refractivity contribution is -0.137. The van der Waals surface area contributed by atoms with Crippen LogP contribution in [0.2, 0.25) is 0 Å². The first-order valence-electron chi connectivity index (χ1n) is 5.88. The van der Waals surface area contributed by atoms with E-state index in [1.165, 1.54) is 4.57 Å². The lowest BCUT2D eigenvalue weighted by Gasteiger charge is -2.07. The molecule has 1 N–H and O–H groups in total. The first-order chi connectivity index (χ1) is 9.56. The van der Waals surface area contributed by atoms with E-state index in [9.17, 15) is 9.59 Å². The molecule has 3 rings (SSSR count). The Balaban J connectivity index is 2.14. The van der Waals surface area contributed by atoms with E-state index < -0.39 is 5.97 Å². The summed E-state index contributed by atoms with van der Waals surface area (Å²) in [7, 11) is 0. The molecule has 0 unspecified atom stereocenters. The first kappa shape index (κ1) is 12.7. The minimum Gasteiger partial charge on any atom is -0.480 e. The molecular weight excluding hydrogens is 282 g/mol. The molecule has 1 aromatic carbocycles. The number of aliphatic carboxylic acids is 1. The Morgan fingerprint density at radius 3 is 2.90 bits per heavy atom. The molecule has 7 heteroatoms. The highest BCUT2D eigenvalue weighted by atomic mass is 32.1. The van der Waals surface area contributed by atoms with Gasteiger partial charge in [-0.2, -0.15) is 0 Å². The van der Waals surface area contributed by atoms with Gasteiger partial charge in [0, 0.05) is 10.4 Å². The van der Waals surface area contributed by atoms with Gasteiger partial charge in [-0.1, -0.05) is 11.3 Å². The molecule has 0 bridgehead atoms. The summed E-state index contributed by atoms with van der Waals surface area (Å²) in [5.74, 6) is 0.197. The molecule has 1 aliphatic heterocycles. The van der Waals surface area contributed by atoms with Crippen molar-refractivity contribution in [1.82, 2.24) is 4.57 Å². The summed E-state index contributed by atoms with van der Waals surface area (Å²) in [4.78, 5) is 23.3. The summed E-state index contributed by atoms with van der Waals surface area (Å²) in [6.07, 6.45) is 0. The Bertz CT molecular complexity index is 746. The van der Waals surface area contributed by atoms with Crippen molar-refractivity contribution in [2.75, 3.05) is 6.79 Å². The number of benzene rings is 1. The third-order valence-corrected chi connectivity index (χ3v) is 3.90. The first-order valence-corrected chi connectivity index (χ1v) is 6.70. The zero-order valence-corrected chi connectivity index (χ0v) is 11.4. The topological polar surface area (TPSA) is 77.8 Å². The molecule has 0 amide bonds. The van der Waals surface area contributed by atoms with Crippen molar-refractivity contribution in [3.63, 3.8) is 0 Å². The molecular formula is C13H11NO5S. The van der Waals surface area contributed by atoms with E-state index in [1.54, 1.807) is 25.1 Å². The minimum absolute atomic E-state index is 0.170. The quantitative estimate of drug-likeness (QED) is 0.932. The van der Waals surface area contributed by atoms with Gasteiger partial charge in [-0.15, -0.1) is 0 Å². The van der Waals surface area contributed by atoms with Crippen LogP contribution in [0.3, 0.4) is 0 Å². The van der Waals surface area contributed by atoms with Crippen LogP contribution < -0.4 is 14.3 Å².